The molecule has 0 radical (unpaired) electrons. The molecule has 0 heterocycles. The van der Waals surface area contributed by atoms with Crippen LogP contribution in [0.2, 0.25) is 0 Å². The van der Waals surface area contributed by atoms with E-state index < -0.39 is 0 Å². The smallest absolute Gasteiger partial charge is 0.253 e. The maximum Gasteiger partial charge on any atom is 0.253 e. The molecule has 0 aliphatic heterocycles. The van der Waals surface area contributed by atoms with Crippen LogP contribution in [-0.2, 0) is 4.74 Å². The van der Waals surface area contributed by atoms with Crippen molar-refractivity contribution >= 4 is 5.91 Å². The monoisotopic (exact) mass is 291 g/mol. The average molecular weight is 291 g/mol. The fraction of sp³-hybridized carbons (Fsp3) is 0.438. The minimum atomic E-state index is -0.0973. The summed E-state index contributed by atoms with van der Waals surface area (Å²) in [7, 11) is 4.88. The molecule has 0 spiro atoms. The summed E-state index contributed by atoms with van der Waals surface area (Å²) in [6.45, 7) is 1.02. The van der Waals surface area contributed by atoms with E-state index in [1.54, 1.807) is 44.4 Å². The van der Waals surface area contributed by atoms with E-state index >= 15 is 0 Å². The quantitative estimate of drug-likeness (QED) is 0.799. The van der Waals surface area contributed by atoms with Gasteiger partial charge in [-0.25, -0.2) is 0 Å². The van der Waals surface area contributed by atoms with E-state index in [9.17, 15) is 4.79 Å². The number of ether oxygens (including phenoxy) is 2. The van der Waals surface area contributed by atoms with Gasteiger partial charge in [-0.15, -0.1) is 0 Å². The number of aliphatic hydroxyl groups excluding tert-OH is 1. The Morgan fingerprint density at radius 2 is 2.14 bits per heavy atom. The minimum absolute atomic E-state index is 0.00763. The molecule has 1 aromatic carbocycles. The van der Waals surface area contributed by atoms with Gasteiger partial charge >= 0.3 is 0 Å². The Morgan fingerprint density at radius 1 is 1.38 bits per heavy atom. The molecule has 1 rings (SSSR count). The topological polar surface area (TPSA) is 59.0 Å². The Labute approximate surface area is 125 Å². The van der Waals surface area contributed by atoms with Gasteiger partial charge in [-0.05, 0) is 18.2 Å². The number of benzene rings is 1. The minimum Gasteiger partial charge on any atom is -0.495 e. The molecule has 0 atom stereocenters. The zero-order valence-electron chi connectivity index (χ0n) is 12.7. The molecule has 0 fully saturated rings. The summed E-state index contributed by atoms with van der Waals surface area (Å²) in [5, 5.41) is 8.76. The summed E-state index contributed by atoms with van der Waals surface area (Å²) < 4.78 is 10.2. The van der Waals surface area contributed by atoms with Crippen molar-refractivity contribution in [3.05, 3.63) is 29.3 Å². The Balaban J connectivity index is 2.97. The predicted octanol–water partition coefficient (Wildman–Crippen LogP) is 1.15. The Bertz CT molecular complexity index is 531. The number of rotatable bonds is 6. The normalized spacial score (nSPS) is 9.71. The van der Waals surface area contributed by atoms with E-state index in [1.165, 1.54) is 0 Å². The van der Waals surface area contributed by atoms with Crippen LogP contribution in [0.25, 0.3) is 0 Å². The van der Waals surface area contributed by atoms with Gasteiger partial charge in [0.15, 0.2) is 0 Å². The second-order valence-corrected chi connectivity index (χ2v) is 4.41. The van der Waals surface area contributed by atoms with Crippen molar-refractivity contribution in [1.29, 1.82) is 0 Å². The Morgan fingerprint density at radius 3 is 2.76 bits per heavy atom. The molecule has 0 aromatic heterocycles. The standard InChI is InChI=1S/C16H21NO4/c1-17(9-11-20-2)16(19)14-7-8-15(21-3)13(12-14)6-4-5-10-18/h7-8,12,18H,5,9-11H2,1-3H3. The molecule has 0 aliphatic carbocycles. The molecule has 0 unspecified atom stereocenters. The lowest BCUT2D eigenvalue weighted by Gasteiger charge is -2.17. The van der Waals surface area contributed by atoms with Gasteiger partial charge in [-0.1, -0.05) is 11.8 Å². The summed E-state index contributed by atoms with van der Waals surface area (Å²) in [4.78, 5) is 13.9. The van der Waals surface area contributed by atoms with E-state index in [-0.39, 0.29) is 12.5 Å². The molecule has 5 nitrogen and oxygen atoms in total. The molecule has 1 N–H and O–H groups in total. The van der Waals surface area contributed by atoms with Crippen LogP contribution >= 0.6 is 0 Å². The highest BCUT2D eigenvalue weighted by Crippen LogP contribution is 2.19. The van der Waals surface area contributed by atoms with E-state index in [2.05, 4.69) is 11.8 Å². The van der Waals surface area contributed by atoms with Crippen molar-refractivity contribution in [3.63, 3.8) is 0 Å². The van der Waals surface area contributed by atoms with Crippen molar-refractivity contribution < 1.29 is 19.4 Å². The van der Waals surface area contributed by atoms with Gasteiger partial charge in [0.25, 0.3) is 5.91 Å². The van der Waals surface area contributed by atoms with Crippen LogP contribution in [0.1, 0.15) is 22.3 Å². The average Bonchev–Trinajstić information content (AvgIpc) is 2.52. The molecule has 1 amide bonds. The van der Waals surface area contributed by atoms with Gasteiger partial charge in [-0.3, -0.25) is 4.79 Å². The van der Waals surface area contributed by atoms with Gasteiger partial charge < -0.3 is 19.5 Å². The lowest BCUT2D eigenvalue weighted by molar-refractivity contribution is 0.0744. The number of hydrogen-bond donors (Lipinski definition) is 1. The molecule has 21 heavy (non-hydrogen) atoms. The summed E-state index contributed by atoms with van der Waals surface area (Å²) in [6, 6.07) is 5.14. The second-order valence-electron chi connectivity index (χ2n) is 4.41. The van der Waals surface area contributed by atoms with E-state index in [0.717, 1.165) is 0 Å². The molecular weight excluding hydrogens is 270 g/mol. The molecular formula is C16H21NO4. The van der Waals surface area contributed by atoms with Gasteiger partial charge in [0.1, 0.15) is 5.75 Å². The number of carbonyl (C=O) groups excluding carboxylic acids is 1. The summed E-state index contributed by atoms with van der Waals surface area (Å²) in [5.74, 6) is 6.25. The largest absolute Gasteiger partial charge is 0.495 e. The summed E-state index contributed by atoms with van der Waals surface area (Å²) in [5.41, 5.74) is 1.18. The van der Waals surface area contributed by atoms with E-state index in [1.807, 2.05) is 0 Å². The fourth-order valence-electron chi connectivity index (χ4n) is 1.70. The van der Waals surface area contributed by atoms with Crippen molar-refractivity contribution in [2.24, 2.45) is 0 Å². The SMILES string of the molecule is COCCN(C)C(=O)c1ccc(OC)c(C#CCCO)c1. The first-order valence-corrected chi connectivity index (χ1v) is 6.66. The van der Waals surface area contributed by atoms with Crippen LogP contribution in [0.15, 0.2) is 18.2 Å². The first kappa shape index (κ1) is 17.0. The predicted molar refractivity (Wildman–Crippen MR) is 80.4 cm³/mol. The summed E-state index contributed by atoms with van der Waals surface area (Å²) >= 11 is 0. The van der Waals surface area contributed by atoms with Crippen molar-refractivity contribution in [2.75, 3.05) is 41.0 Å². The van der Waals surface area contributed by atoms with Gasteiger partial charge in [0.2, 0.25) is 0 Å². The molecule has 0 aliphatic rings. The highest BCUT2D eigenvalue weighted by Gasteiger charge is 2.13. The van der Waals surface area contributed by atoms with Gasteiger partial charge in [0, 0.05) is 32.7 Å². The van der Waals surface area contributed by atoms with Gasteiger partial charge in [0.05, 0.1) is 25.9 Å². The van der Waals surface area contributed by atoms with Crippen molar-refractivity contribution in [1.82, 2.24) is 4.90 Å². The van der Waals surface area contributed by atoms with E-state index in [0.29, 0.717) is 36.4 Å². The lowest BCUT2D eigenvalue weighted by atomic mass is 10.1. The number of likely N-dealkylation sites (N-methyl/N-ethyl adjacent to an activating group) is 1. The lowest BCUT2D eigenvalue weighted by Crippen LogP contribution is -2.29. The summed E-state index contributed by atoms with van der Waals surface area (Å²) in [6.07, 6.45) is 0.384. The van der Waals surface area contributed by atoms with Crippen LogP contribution in [0.3, 0.4) is 0 Å². The van der Waals surface area contributed by atoms with Crippen LogP contribution in [0.4, 0.5) is 0 Å². The number of hydrogen-bond acceptors (Lipinski definition) is 4. The molecule has 114 valence electrons. The first-order valence-electron chi connectivity index (χ1n) is 6.66. The van der Waals surface area contributed by atoms with Crippen molar-refractivity contribution in [2.45, 2.75) is 6.42 Å². The molecule has 0 saturated heterocycles. The third kappa shape index (κ3) is 5.10. The molecule has 5 heteroatoms. The highest BCUT2D eigenvalue weighted by molar-refractivity contribution is 5.94. The Kier molecular flexibility index (Phi) is 7.30. The third-order valence-electron chi connectivity index (χ3n) is 2.88. The molecule has 0 saturated carbocycles. The van der Waals surface area contributed by atoms with Crippen molar-refractivity contribution in [3.8, 4) is 17.6 Å². The first-order chi connectivity index (χ1) is 10.1. The number of methoxy groups -OCH3 is 2. The number of carbonyl (C=O) groups is 1. The highest BCUT2D eigenvalue weighted by atomic mass is 16.5. The number of aliphatic hydroxyl groups is 1. The maximum atomic E-state index is 12.3. The third-order valence-corrected chi connectivity index (χ3v) is 2.88. The van der Waals surface area contributed by atoms with Crippen LogP contribution in [-0.4, -0.2) is 56.9 Å². The van der Waals surface area contributed by atoms with Gasteiger partial charge in [-0.2, -0.15) is 0 Å². The number of nitrogens with zero attached hydrogens (tertiary/aromatic N) is 1. The molecule has 1 aromatic rings. The zero-order chi connectivity index (χ0) is 15.7. The second kappa shape index (κ2) is 9.01. The molecule has 0 bridgehead atoms. The number of amides is 1. The van der Waals surface area contributed by atoms with Crippen LogP contribution < -0.4 is 4.74 Å². The fourth-order valence-corrected chi connectivity index (χ4v) is 1.70. The van der Waals surface area contributed by atoms with Crippen LogP contribution in [0.5, 0.6) is 5.75 Å². The maximum absolute atomic E-state index is 12.3. The van der Waals surface area contributed by atoms with Crippen LogP contribution in [0, 0.1) is 11.8 Å². The zero-order valence-corrected chi connectivity index (χ0v) is 12.7. The Hall–Kier alpha value is -2.03. The van der Waals surface area contributed by atoms with E-state index in [4.69, 9.17) is 14.6 Å².